The SMILES string of the molecule is O=[N+]([O-])c1ccc(NCCCc2ccccc2)c2ncccc12. The van der Waals surface area contributed by atoms with Crippen LogP contribution in [0.15, 0.2) is 60.8 Å². The van der Waals surface area contributed by atoms with E-state index in [1.54, 1.807) is 24.4 Å². The standard InChI is InChI=1S/C18H17N3O2/c22-21(23)17-11-10-16(18-15(17)9-5-13-20-18)19-12-4-8-14-6-2-1-3-7-14/h1-3,5-7,9-11,13,19H,4,8,12H2. The average molecular weight is 307 g/mol. The Hall–Kier alpha value is -2.95. The number of fused-ring (bicyclic) bond motifs is 1. The van der Waals surface area contributed by atoms with Crippen LogP contribution in [0.2, 0.25) is 0 Å². The predicted molar refractivity (Wildman–Crippen MR) is 91.7 cm³/mol. The predicted octanol–water partition coefficient (Wildman–Crippen LogP) is 4.19. The Balaban J connectivity index is 1.71. The zero-order valence-electron chi connectivity index (χ0n) is 12.6. The number of benzene rings is 2. The van der Waals surface area contributed by atoms with Crippen molar-refractivity contribution in [1.82, 2.24) is 4.98 Å². The molecule has 0 unspecified atom stereocenters. The molecule has 0 saturated heterocycles. The summed E-state index contributed by atoms with van der Waals surface area (Å²) < 4.78 is 0. The summed E-state index contributed by atoms with van der Waals surface area (Å²) in [6, 6.07) is 17.0. The van der Waals surface area contributed by atoms with Crippen molar-refractivity contribution in [3.8, 4) is 0 Å². The van der Waals surface area contributed by atoms with E-state index in [9.17, 15) is 10.1 Å². The maximum atomic E-state index is 11.1. The Morgan fingerprint density at radius 1 is 1.04 bits per heavy atom. The number of nitrogens with zero attached hydrogens (tertiary/aromatic N) is 2. The first-order chi connectivity index (χ1) is 11.3. The number of pyridine rings is 1. The molecule has 1 heterocycles. The van der Waals surface area contributed by atoms with Gasteiger partial charge in [-0.25, -0.2) is 0 Å². The van der Waals surface area contributed by atoms with Crippen molar-refractivity contribution in [2.75, 3.05) is 11.9 Å². The van der Waals surface area contributed by atoms with E-state index in [2.05, 4.69) is 22.4 Å². The molecule has 0 amide bonds. The van der Waals surface area contributed by atoms with E-state index in [1.165, 1.54) is 11.6 Å². The van der Waals surface area contributed by atoms with Crippen molar-refractivity contribution in [2.24, 2.45) is 0 Å². The topological polar surface area (TPSA) is 68.1 Å². The lowest BCUT2D eigenvalue weighted by Gasteiger charge is -2.09. The number of nitro benzene ring substituents is 1. The maximum Gasteiger partial charge on any atom is 0.278 e. The Bertz CT molecular complexity index is 819. The molecule has 0 fully saturated rings. The first kappa shape index (κ1) is 15.0. The first-order valence-electron chi connectivity index (χ1n) is 7.55. The van der Waals surface area contributed by atoms with E-state index in [0.29, 0.717) is 10.9 Å². The van der Waals surface area contributed by atoms with Gasteiger partial charge in [0.1, 0.15) is 5.52 Å². The summed E-state index contributed by atoms with van der Waals surface area (Å²) in [5.41, 5.74) is 2.87. The molecule has 0 aliphatic heterocycles. The molecule has 0 bridgehead atoms. The highest BCUT2D eigenvalue weighted by Crippen LogP contribution is 2.29. The second-order valence-corrected chi connectivity index (χ2v) is 5.30. The van der Waals surface area contributed by atoms with Gasteiger partial charge in [-0.1, -0.05) is 30.3 Å². The molecule has 0 radical (unpaired) electrons. The van der Waals surface area contributed by atoms with Crippen LogP contribution in [0.4, 0.5) is 11.4 Å². The molecule has 0 saturated carbocycles. The summed E-state index contributed by atoms with van der Waals surface area (Å²) in [5.74, 6) is 0. The van der Waals surface area contributed by atoms with Crippen molar-refractivity contribution in [3.05, 3.63) is 76.5 Å². The second-order valence-electron chi connectivity index (χ2n) is 5.30. The van der Waals surface area contributed by atoms with Gasteiger partial charge >= 0.3 is 0 Å². The van der Waals surface area contributed by atoms with Crippen LogP contribution >= 0.6 is 0 Å². The lowest BCUT2D eigenvalue weighted by molar-refractivity contribution is -0.383. The van der Waals surface area contributed by atoms with Crippen LogP contribution in [-0.2, 0) is 6.42 Å². The minimum absolute atomic E-state index is 0.0861. The zero-order valence-corrected chi connectivity index (χ0v) is 12.6. The van der Waals surface area contributed by atoms with Crippen LogP contribution < -0.4 is 5.32 Å². The molecule has 3 aromatic rings. The molecule has 23 heavy (non-hydrogen) atoms. The fourth-order valence-corrected chi connectivity index (χ4v) is 2.62. The normalized spacial score (nSPS) is 10.6. The molecule has 1 aromatic heterocycles. The van der Waals surface area contributed by atoms with Crippen LogP contribution in [0.25, 0.3) is 10.9 Å². The van der Waals surface area contributed by atoms with Crippen molar-refractivity contribution in [2.45, 2.75) is 12.8 Å². The van der Waals surface area contributed by atoms with Gasteiger partial charge in [0.05, 0.1) is 16.0 Å². The largest absolute Gasteiger partial charge is 0.383 e. The van der Waals surface area contributed by atoms with Crippen LogP contribution in [0, 0.1) is 10.1 Å². The summed E-state index contributed by atoms with van der Waals surface area (Å²) in [7, 11) is 0. The van der Waals surface area contributed by atoms with Crippen molar-refractivity contribution in [1.29, 1.82) is 0 Å². The molecule has 116 valence electrons. The zero-order chi connectivity index (χ0) is 16.1. The van der Waals surface area contributed by atoms with E-state index < -0.39 is 0 Å². The minimum Gasteiger partial charge on any atom is -0.383 e. The summed E-state index contributed by atoms with van der Waals surface area (Å²) in [5, 5.41) is 15.0. The number of nitro groups is 1. The lowest BCUT2D eigenvalue weighted by Crippen LogP contribution is -2.04. The van der Waals surface area contributed by atoms with Gasteiger partial charge in [-0.2, -0.15) is 0 Å². The van der Waals surface area contributed by atoms with E-state index in [4.69, 9.17) is 0 Å². The summed E-state index contributed by atoms with van der Waals surface area (Å²) in [6.45, 7) is 0.790. The maximum absolute atomic E-state index is 11.1. The third-order valence-corrected chi connectivity index (χ3v) is 3.74. The number of nitrogens with one attached hydrogen (secondary N) is 1. The fourth-order valence-electron chi connectivity index (χ4n) is 2.62. The number of hydrogen-bond acceptors (Lipinski definition) is 4. The molecule has 1 N–H and O–H groups in total. The van der Waals surface area contributed by atoms with E-state index in [0.717, 1.165) is 25.1 Å². The number of rotatable bonds is 6. The van der Waals surface area contributed by atoms with Crippen LogP contribution in [0.3, 0.4) is 0 Å². The minimum atomic E-state index is -0.372. The van der Waals surface area contributed by atoms with Crippen molar-refractivity contribution >= 4 is 22.3 Å². The Morgan fingerprint density at radius 3 is 2.65 bits per heavy atom. The second kappa shape index (κ2) is 6.87. The van der Waals surface area contributed by atoms with Gasteiger partial charge in [-0.15, -0.1) is 0 Å². The third kappa shape index (κ3) is 3.45. The molecular formula is C18H17N3O2. The number of aryl methyl sites for hydroxylation is 1. The van der Waals surface area contributed by atoms with Gasteiger partial charge < -0.3 is 5.32 Å². The summed E-state index contributed by atoms with van der Waals surface area (Å²) in [6.07, 6.45) is 3.63. The molecule has 2 aromatic carbocycles. The lowest BCUT2D eigenvalue weighted by atomic mass is 10.1. The molecule has 5 heteroatoms. The van der Waals surface area contributed by atoms with Crippen LogP contribution in [-0.4, -0.2) is 16.5 Å². The highest BCUT2D eigenvalue weighted by Gasteiger charge is 2.14. The number of non-ortho nitro benzene ring substituents is 1. The fraction of sp³-hybridized carbons (Fsp3) is 0.167. The van der Waals surface area contributed by atoms with Gasteiger partial charge in [0, 0.05) is 18.8 Å². The molecular weight excluding hydrogens is 290 g/mol. The molecule has 0 spiro atoms. The number of aromatic nitrogens is 1. The molecule has 0 aliphatic carbocycles. The number of anilines is 1. The Kier molecular flexibility index (Phi) is 4.47. The van der Waals surface area contributed by atoms with E-state index in [-0.39, 0.29) is 10.6 Å². The third-order valence-electron chi connectivity index (χ3n) is 3.74. The van der Waals surface area contributed by atoms with Gasteiger partial charge in [0.25, 0.3) is 5.69 Å². The summed E-state index contributed by atoms with van der Waals surface area (Å²) >= 11 is 0. The molecule has 3 rings (SSSR count). The Labute approximate surface area is 134 Å². The van der Waals surface area contributed by atoms with Crippen molar-refractivity contribution < 1.29 is 4.92 Å². The molecule has 5 nitrogen and oxygen atoms in total. The quantitative estimate of drug-likeness (QED) is 0.421. The van der Waals surface area contributed by atoms with E-state index in [1.807, 2.05) is 18.2 Å². The van der Waals surface area contributed by atoms with E-state index >= 15 is 0 Å². The smallest absolute Gasteiger partial charge is 0.278 e. The van der Waals surface area contributed by atoms with Gasteiger partial charge in [-0.05, 0) is 36.6 Å². The van der Waals surface area contributed by atoms with Crippen LogP contribution in [0.1, 0.15) is 12.0 Å². The van der Waals surface area contributed by atoms with Gasteiger partial charge in [-0.3, -0.25) is 15.1 Å². The monoisotopic (exact) mass is 307 g/mol. The number of hydrogen-bond donors (Lipinski definition) is 1. The average Bonchev–Trinajstić information content (AvgIpc) is 2.59. The molecule has 0 atom stereocenters. The van der Waals surface area contributed by atoms with Gasteiger partial charge in [0.15, 0.2) is 0 Å². The highest BCUT2D eigenvalue weighted by atomic mass is 16.6. The van der Waals surface area contributed by atoms with Gasteiger partial charge in [0.2, 0.25) is 0 Å². The van der Waals surface area contributed by atoms with Crippen molar-refractivity contribution in [3.63, 3.8) is 0 Å². The highest BCUT2D eigenvalue weighted by molar-refractivity contribution is 5.96. The first-order valence-corrected chi connectivity index (χ1v) is 7.55. The molecule has 0 aliphatic rings. The Morgan fingerprint density at radius 2 is 1.87 bits per heavy atom. The van der Waals surface area contributed by atoms with Crippen LogP contribution in [0.5, 0.6) is 0 Å². The summed E-state index contributed by atoms with van der Waals surface area (Å²) in [4.78, 5) is 15.0.